The number of pyridine rings is 1. The van der Waals surface area contributed by atoms with Gasteiger partial charge in [-0.3, -0.25) is 4.98 Å². The van der Waals surface area contributed by atoms with Crippen LogP contribution in [-0.2, 0) is 13.0 Å². The van der Waals surface area contributed by atoms with Gasteiger partial charge >= 0.3 is 0 Å². The summed E-state index contributed by atoms with van der Waals surface area (Å²) < 4.78 is 7.65. The first kappa shape index (κ1) is 17.7. The van der Waals surface area contributed by atoms with Gasteiger partial charge in [-0.15, -0.1) is 0 Å². The molecule has 3 aromatic heterocycles. The Labute approximate surface area is 169 Å². The van der Waals surface area contributed by atoms with Crippen LogP contribution in [0.3, 0.4) is 0 Å². The van der Waals surface area contributed by atoms with Gasteiger partial charge in [0.15, 0.2) is 0 Å². The fourth-order valence-corrected chi connectivity index (χ4v) is 4.31. The lowest BCUT2D eigenvalue weighted by Gasteiger charge is -2.09. The summed E-state index contributed by atoms with van der Waals surface area (Å²) in [4.78, 5) is 12.9. The van der Waals surface area contributed by atoms with Crippen molar-refractivity contribution in [3.8, 4) is 5.75 Å². The number of nitrogens with one attached hydrogen (secondary N) is 1. The van der Waals surface area contributed by atoms with Crippen LogP contribution in [0.2, 0.25) is 0 Å². The van der Waals surface area contributed by atoms with Crippen molar-refractivity contribution in [1.29, 1.82) is 0 Å². The Morgan fingerprint density at radius 3 is 2.83 bits per heavy atom. The highest BCUT2D eigenvalue weighted by atomic mass is 16.5. The molecule has 29 heavy (non-hydrogen) atoms. The number of H-pyrrole nitrogens is 1. The molecule has 0 radical (unpaired) electrons. The molecule has 0 saturated carbocycles. The van der Waals surface area contributed by atoms with Crippen LogP contribution in [0.4, 0.5) is 0 Å². The molecule has 0 fully saturated rings. The maximum absolute atomic E-state index is 5.41. The number of rotatable bonds is 5. The number of aromatic nitrogens is 4. The van der Waals surface area contributed by atoms with Crippen LogP contribution in [0.5, 0.6) is 5.75 Å². The molecule has 0 aliphatic rings. The molecule has 146 valence electrons. The first-order chi connectivity index (χ1) is 14.1. The lowest BCUT2D eigenvalue weighted by molar-refractivity contribution is 0.415. The van der Waals surface area contributed by atoms with Gasteiger partial charge in [0.05, 0.1) is 23.8 Å². The Morgan fingerprint density at radius 1 is 1.14 bits per heavy atom. The van der Waals surface area contributed by atoms with E-state index in [0.29, 0.717) is 0 Å². The Balaban J connectivity index is 1.57. The minimum Gasteiger partial charge on any atom is -0.497 e. The highest BCUT2D eigenvalue weighted by Gasteiger charge is 2.13. The summed E-state index contributed by atoms with van der Waals surface area (Å²) in [5.41, 5.74) is 5.62. The van der Waals surface area contributed by atoms with Crippen LogP contribution in [0, 0.1) is 13.8 Å². The standard InChI is InChI=1S/C24H24N4O/c1-15-14-28(16(2)26-15)11-5-8-17-6-4-7-18-13-25-23-20-12-19(29-3)9-10-21(20)27-24(23)22(17)18/h4,6-7,9-10,12-14,27H,5,8,11H2,1-3H3. The van der Waals surface area contributed by atoms with Gasteiger partial charge in [0.25, 0.3) is 0 Å². The molecule has 0 saturated heterocycles. The van der Waals surface area contributed by atoms with Gasteiger partial charge in [0.2, 0.25) is 0 Å². The minimum absolute atomic E-state index is 0.847. The number of hydrogen-bond acceptors (Lipinski definition) is 3. The van der Waals surface area contributed by atoms with Crippen molar-refractivity contribution in [2.24, 2.45) is 0 Å². The van der Waals surface area contributed by atoms with Crippen molar-refractivity contribution in [2.45, 2.75) is 33.2 Å². The van der Waals surface area contributed by atoms with Crippen LogP contribution < -0.4 is 4.74 Å². The number of benzene rings is 2. The zero-order chi connectivity index (χ0) is 20.0. The van der Waals surface area contributed by atoms with Gasteiger partial charge < -0.3 is 14.3 Å². The number of hydrogen-bond donors (Lipinski definition) is 1. The zero-order valence-corrected chi connectivity index (χ0v) is 17.0. The van der Waals surface area contributed by atoms with E-state index in [2.05, 4.69) is 58.0 Å². The van der Waals surface area contributed by atoms with E-state index in [1.54, 1.807) is 7.11 Å². The van der Waals surface area contributed by atoms with Crippen LogP contribution in [0.15, 0.2) is 48.8 Å². The van der Waals surface area contributed by atoms with E-state index in [-0.39, 0.29) is 0 Å². The van der Waals surface area contributed by atoms with E-state index in [1.165, 1.54) is 16.3 Å². The molecule has 0 unspecified atom stereocenters. The molecule has 1 N–H and O–H groups in total. The highest BCUT2D eigenvalue weighted by molar-refractivity contribution is 6.15. The molecular weight excluding hydrogens is 360 g/mol. The predicted octanol–water partition coefficient (Wildman–Crippen LogP) is 5.32. The van der Waals surface area contributed by atoms with Gasteiger partial charge in [-0.25, -0.2) is 4.98 Å². The summed E-state index contributed by atoms with van der Waals surface area (Å²) in [6.07, 6.45) is 6.18. The molecule has 5 aromatic rings. The second-order valence-electron chi connectivity index (χ2n) is 7.63. The monoisotopic (exact) mass is 384 g/mol. The molecule has 5 nitrogen and oxygen atoms in total. The summed E-state index contributed by atoms with van der Waals surface area (Å²) in [5, 5.41) is 3.54. The normalized spacial score (nSPS) is 11.7. The third-order valence-electron chi connectivity index (χ3n) is 5.69. The second kappa shape index (κ2) is 6.92. The first-order valence-corrected chi connectivity index (χ1v) is 10.0. The number of ether oxygens (including phenoxy) is 1. The smallest absolute Gasteiger partial charge is 0.119 e. The molecule has 0 amide bonds. The van der Waals surface area contributed by atoms with Crippen molar-refractivity contribution in [2.75, 3.05) is 7.11 Å². The van der Waals surface area contributed by atoms with Crippen LogP contribution in [-0.4, -0.2) is 26.6 Å². The highest BCUT2D eigenvalue weighted by Crippen LogP contribution is 2.33. The number of fused-ring (bicyclic) bond motifs is 5. The largest absolute Gasteiger partial charge is 0.497 e. The predicted molar refractivity (Wildman–Crippen MR) is 118 cm³/mol. The van der Waals surface area contributed by atoms with E-state index >= 15 is 0 Å². The maximum atomic E-state index is 5.41. The fourth-order valence-electron chi connectivity index (χ4n) is 4.31. The van der Waals surface area contributed by atoms with Gasteiger partial charge in [-0.2, -0.15) is 0 Å². The third-order valence-corrected chi connectivity index (χ3v) is 5.69. The van der Waals surface area contributed by atoms with Crippen LogP contribution in [0.1, 0.15) is 23.5 Å². The van der Waals surface area contributed by atoms with Crippen molar-refractivity contribution < 1.29 is 4.74 Å². The van der Waals surface area contributed by atoms with Crippen molar-refractivity contribution in [3.05, 3.63) is 65.9 Å². The number of aryl methyl sites for hydroxylation is 4. The second-order valence-corrected chi connectivity index (χ2v) is 7.63. The first-order valence-electron chi connectivity index (χ1n) is 10.0. The van der Waals surface area contributed by atoms with E-state index in [0.717, 1.165) is 58.6 Å². The van der Waals surface area contributed by atoms with Crippen molar-refractivity contribution >= 4 is 32.7 Å². The number of aromatic amines is 1. The molecular formula is C24H24N4O. The molecule has 2 aromatic carbocycles. The lowest BCUT2D eigenvalue weighted by atomic mass is 10.0. The van der Waals surface area contributed by atoms with Gasteiger partial charge in [0, 0.05) is 40.6 Å². The molecule has 5 heteroatoms. The molecule has 0 bridgehead atoms. The molecule has 5 rings (SSSR count). The molecule has 0 aliphatic heterocycles. The van der Waals surface area contributed by atoms with Gasteiger partial charge in [-0.1, -0.05) is 18.2 Å². The van der Waals surface area contributed by atoms with E-state index in [9.17, 15) is 0 Å². The minimum atomic E-state index is 0.847. The van der Waals surface area contributed by atoms with E-state index < -0.39 is 0 Å². The van der Waals surface area contributed by atoms with Crippen molar-refractivity contribution in [3.63, 3.8) is 0 Å². The topological polar surface area (TPSA) is 55.7 Å². The lowest BCUT2D eigenvalue weighted by Crippen LogP contribution is -2.01. The summed E-state index contributed by atoms with van der Waals surface area (Å²) >= 11 is 0. The molecule has 0 atom stereocenters. The zero-order valence-electron chi connectivity index (χ0n) is 17.0. The van der Waals surface area contributed by atoms with Crippen LogP contribution in [0.25, 0.3) is 32.7 Å². The average Bonchev–Trinajstić information content (AvgIpc) is 3.26. The molecule has 0 spiro atoms. The number of methoxy groups -OCH3 is 1. The van der Waals surface area contributed by atoms with Crippen molar-refractivity contribution in [1.82, 2.24) is 19.5 Å². The van der Waals surface area contributed by atoms with E-state index in [4.69, 9.17) is 9.72 Å². The fraction of sp³-hybridized carbons (Fsp3) is 0.250. The Bertz CT molecular complexity index is 1350. The van der Waals surface area contributed by atoms with Gasteiger partial charge in [0.1, 0.15) is 11.6 Å². The molecule has 3 heterocycles. The third kappa shape index (κ3) is 3.03. The van der Waals surface area contributed by atoms with Crippen LogP contribution >= 0.6 is 0 Å². The Morgan fingerprint density at radius 2 is 2.03 bits per heavy atom. The molecule has 0 aliphatic carbocycles. The maximum Gasteiger partial charge on any atom is 0.119 e. The summed E-state index contributed by atoms with van der Waals surface area (Å²) in [5.74, 6) is 1.93. The quantitative estimate of drug-likeness (QED) is 0.446. The van der Waals surface area contributed by atoms with Gasteiger partial charge in [-0.05, 0) is 50.5 Å². The average molecular weight is 384 g/mol. The summed E-state index contributed by atoms with van der Waals surface area (Å²) in [7, 11) is 1.69. The van der Waals surface area contributed by atoms with E-state index in [1.807, 2.05) is 19.2 Å². The summed E-state index contributed by atoms with van der Waals surface area (Å²) in [6, 6.07) is 12.6. The SMILES string of the molecule is COc1ccc2[nH]c3c(ncc4cccc(CCCn5cc(C)nc5C)c43)c2c1. The Kier molecular flexibility index (Phi) is 4.23. The Hall–Kier alpha value is -3.34. The number of nitrogens with zero attached hydrogens (tertiary/aromatic N) is 3. The summed E-state index contributed by atoms with van der Waals surface area (Å²) in [6.45, 7) is 5.09. The number of imidazole rings is 1.